The Bertz CT molecular complexity index is 748. The van der Waals surface area contributed by atoms with Gasteiger partial charge in [-0.15, -0.1) is 0 Å². The van der Waals surface area contributed by atoms with Gasteiger partial charge in [0.15, 0.2) is 0 Å². The predicted molar refractivity (Wildman–Crippen MR) is 73.4 cm³/mol. The van der Waals surface area contributed by atoms with Gasteiger partial charge in [-0.25, -0.2) is 0 Å². The second kappa shape index (κ2) is 5.15. The zero-order valence-electron chi connectivity index (χ0n) is 11.5. The van der Waals surface area contributed by atoms with E-state index in [9.17, 15) is 26.3 Å². The molecule has 1 radical (unpaired) electrons. The van der Waals surface area contributed by atoms with Crippen molar-refractivity contribution >= 4 is 5.57 Å². The highest BCUT2D eigenvalue weighted by Gasteiger charge is 2.37. The summed E-state index contributed by atoms with van der Waals surface area (Å²) in [6, 6.07) is 8.47. The van der Waals surface area contributed by atoms with E-state index in [0.29, 0.717) is 11.1 Å². The van der Waals surface area contributed by atoms with Gasteiger partial charge < -0.3 is 0 Å². The van der Waals surface area contributed by atoms with Crippen LogP contribution < -0.4 is 0 Å². The van der Waals surface area contributed by atoms with Crippen LogP contribution in [0.4, 0.5) is 26.3 Å². The summed E-state index contributed by atoms with van der Waals surface area (Å²) < 4.78 is 77.5. The van der Waals surface area contributed by atoms with E-state index in [1.54, 1.807) is 30.7 Å². The summed E-state index contributed by atoms with van der Waals surface area (Å²) in [6.45, 7) is 0. The van der Waals surface area contributed by atoms with Crippen molar-refractivity contribution in [3.8, 4) is 0 Å². The molecule has 0 saturated heterocycles. The van der Waals surface area contributed by atoms with Crippen LogP contribution in [0.25, 0.3) is 5.57 Å². The fraction of sp³-hybridized carbons (Fsp3) is 0.118. The minimum absolute atomic E-state index is 0.103. The molecular weight excluding hydrogens is 318 g/mol. The highest BCUT2D eigenvalue weighted by molar-refractivity contribution is 5.87. The third-order valence-electron chi connectivity index (χ3n) is 3.58. The smallest absolute Gasteiger partial charge is 0.166 e. The Morgan fingerprint density at radius 3 is 1.83 bits per heavy atom. The molecule has 0 heterocycles. The zero-order chi connectivity index (χ0) is 16.8. The van der Waals surface area contributed by atoms with Gasteiger partial charge in [-0.1, -0.05) is 30.3 Å². The summed E-state index contributed by atoms with van der Waals surface area (Å²) in [5.74, 6) is 0. The summed E-state index contributed by atoms with van der Waals surface area (Å²) in [5.41, 5.74) is -1.01. The van der Waals surface area contributed by atoms with Crippen molar-refractivity contribution in [3.05, 3.63) is 82.8 Å². The monoisotopic (exact) mass is 327 g/mol. The van der Waals surface area contributed by atoms with Gasteiger partial charge in [0.1, 0.15) is 0 Å². The van der Waals surface area contributed by atoms with Crippen LogP contribution in [0.15, 0.2) is 48.5 Å². The molecule has 2 aromatic rings. The largest absolute Gasteiger partial charge is 0.416 e. The molecule has 6 heteroatoms. The highest BCUT2D eigenvalue weighted by atomic mass is 19.4. The van der Waals surface area contributed by atoms with Gasteiger partial charge in [-0.2, -0.15) is 26.3 Å². The highest BCUT2D eigenvalue weighted by Crippen LogP contribution is 2.40. The lowest BCUT2D eigenvalue weighted by Crippen LogP contribution is -2.11. The SMILES string of the molecule is FC(F)(F)c1cc(C2=C[CH]c3ccccc32)cc(C(F)(F)F)c1. The van der Waals surface area contributed by atoms with Crippen LogP contribution >= 0.6 is 0 Å². The first-order valence-corrected chi connectivity index (χ1v) is 6.60. The third kappa shape index (κ3) is 2.98. The molecule has 3 rings (SSSR count). The quantitative estimate of drug-likeness (QED) is 0.588. The second-order valence-corrected chi connectivity index (χ2v) is 5.13. The van der Waals surface area contributed by atoms with Crippen LogP contribution in [0.5, 0.6) is 0 Å². The topological polar surface area (TPSA) is 0 Å². The van der Waals surface area contributed by atoms with Crippen molar-refractivity contribution in [3.63, 3.8) is 0 Å². The number of alkyl halides is 6. The maximum atomic E-state index is 12.9. The molecule has 0 aliphatic heterocycles. The number of hydrogen-bond donors (Lipinski definition) is 0. The molecule has 119 valence electrons. The van der Waals surface area contributed by atoms with E-state index in [-0.39, 0.29) is 11.6 Å². The van der Waals surface area contributed by atoms with Gasteiger partial charge in [0, 0.05) is 6.42 Å². The molecule has 0 amide bonds. The van der Waals surface area contributed by atoms with E-state index >= 15 is 0 Å². The van der Waals surface area contributed by atoms with Gasteiger partial charge in [-0.05, 0) is 40.5 Å². The molecule has 0 bridgehead atoms. The maximum absolute atomic E-state index is 12.9. The van der Waals surface area contributed by atoms with E-state index in [1.165, 1.54) is 6.08 Å². The van der Waals surface area contributed by atoms with Crippen LogP contribution in [-0.2, 0) is 12.4 Å². The summed E-state index contributed by atoms with van der Waals surface area (Å²) in [4.78, 5) is 0. The zero-order valence-corrected chi connectivity index (χ0v) is 11.5. The molecule has 2 aromatic carbocycles. The van der Waals surface area contributed by atoms with E-state index in [2.05, 4.69) is 0 Å². The van der Waals surface area contributed by atoms with Crippen LogP contribution in [0.1, 0.15) is 27.8 Å². The minimum atomic E-state index is -4.85. The molecular formula is C17H9F6. The summed E-state index contributed by atoms with van der Waals surface area (Å²) >= 11 is 0. The van der Waals surface area contributed by atoms with E-state index in [0.717, 1.165) is 17.7 Å². The molecule has 0 nitrogen and oxygen atoms in total. The van der Waals surface area contributed by atoms with Crippen molar-refractivity contribution in [1.82, 2.24) is 0 Å². The summed E-state index contributed by atoms with van der Waals surface area (Å²) in [5, 5.41) is 0. The minimum Gasteiger partial charge on any atom is -0.166 e. The number of allylic oxidation sites excluding steroid dienone is 1. The standard InChI is InChI=1S/C17H9F6/c18-16(19,20)12-7-11(8-13(9-12)17(21,22)23)15-6-5-10-3-1-2-4-14(10)15/h1-9H. The Morgan fingerprint density at radius 2 is 1.26 bits per heavy atom. The Morgan fingerprint density at radius 1 is 0.696 bits per heavy atom. The predicted octanol–water partition coefficient (Wildman–Crippen LogP) is 5.72. The summed E-state index contributed by atoms with van der Waals surface area (Å²) in [7, 11) is 0. The number of fused-ring (bicyclic) bond motifs is 1. The Kier molecular flexibility index (Phi) is 3.50. The second-order valence-electron chi connectivity index (χ2n) is 5.13. The average Bonchev–Trinajstić information content (AvgIpc) is 2.89. The molecule has 23 heavy (non-hydrogen) atoms. The van der Waals surface area contributed by atoms with E-state index in [1.807, 2.05) is 0 Å². The fourth-order valence-electron chi connectivity index (χ4n) is 2.51. The molecule has 1 aliphatic carbocycles. The molecule has 0 unspecified atom stereocenters. The molecule has 0 N–H and O–H groups in total. The van der Waals surface area contributed by atoms with Gasteiger partial charge in [0.05, 0.1) is 11.1 Å². The van der Waals surface area contributed by atoms with Crippen LogP contribution in [0, 0.1) is 6.42 Å². The lowest BCUT2D eigenvalue weighted by Gasteiger charge is -2.15. The van der Waals surface area contributed by atoms with E-state index < -0.39 is 23.5 Å². The number of halogens is 6. The Labute approximate surface area is 128 Å². The van der Waals surface area contributed by atoms with E-state index in [4.69, 9.17) is 0 Å². The van der Waals surface area contributed by atoms with Gasteiger partial charge in [0.2, 0.25) is 0 Å². The van der Waals surface area contributed by atoms with Crippen molar-refractivity contribution in [2.75, 3.05) is 0 Å². The van der Waals surface area contributed by atoms with Crippen molar-refractivity contribution < 1.29 is 26.3 Å². The molecule has 0 saturated carbocycles. The first kappa shape index (κ1) is 15.6. The van der Waals surface area contributed by atoms with Gasteiger partial charge in [-0.3, -0.25) is 0 Å². The molecule has 0 fully saturated rings. The Hall–Kier alpha value is -2.24. The summed E-state index contributed by atoms with van der Waals surface area (Å²) in [6.07, 6.45) is -6.50. The molecule has 0 atom stereocenters. The first-order chi connectivity index (χ1) is 10.7. The fourth-order valence-corrected chi connectivity index (χ4v) is 2.51. The van der Waals surface area contributed by atoms with Crippen molar-refractivity contribution in [2.24, 2.45) is 0 Å². The Balaban J connectivity index is 2.17. The molecule has 0 aromatic heterocycles. The third-order valence-corrected chi connectivity index (χ3v) is 3.58. The first-order valence-electron chi connectivity index (χ1n) is 6.60. The normalized spacial score (nSPS) is 14.6. The lowest BCUT2D eigenvalue weighted by molar-refractivity contribution is -0.143. The van der Waals surface area contributed by atoms with Crippen LogP contribution in [0.2, 0.25) is 0 Å². The number of benzene rings is 2. The molecule has 1 aliphatic rings. The van der Waals surface area contributed by atoms with Crippen molar-refractivity contribution in [1.29, 1.82) is 0 Å². The van der Waals surface area contributed by atoms with Crippen LogP contribution in [-0.4, -0.2) is 0 Å². The van der Waals surface area contributed by atoms with Gasteiger partial charge in [0.25, 0.3) is 0 Å². The number of rotatable bonds is 1. The molecule has 0 spiro atoms. The van der Waals surface area contributed by atoms with Gasteiger partial charge >= 0.3 is 12.4 Å². The lowest BCUT2D eigenvalue weighted by atomic mass is 9.95. The average molecular weight is 327 g/mol. The van der Waals surface area contributed by atoms with Crippen LogP contribution in [0.3, 0.4) is 0 Å². The maximum Gasteiger partial charge on any atom is 0.416 e. The van der Waals surface area contributed by atoms with Crippen molar-refractivity contribution in [2.45, 2.75) is 12.4 Å². The number of hydrogen-bond acceptors (Lipinski definition) is 0.